The van der Waals surface area contributed by atoms with Crippen molar-refractivity contribution < 1.29 is 23.5 Å². The van der Waals surface area contributed by atoms with Crippen molar-refractivity contribution in [1.29, 1.82) is 0 Å². The predicted octanol–water partition coefficient (Wildman–Crippen LogP) is 2.78. The molecule has 0 aliphatic heterocycles. The summed E-state index contributed by atoms with van der Waals surface area (Å²) in [6, 6.07) is 4.57. The standard InChI is InChI=1S/C13H13NO5/c1-8(2)6-17-13(16)19-12(15)9-3-4-10-11(5-9)18-7-14-10/h3-5,7-8H,6H2,1-2H3. The number of carbonyl (C=O) groups excluding carboxylic acids is 2. The molecule has 0 saturated carbocycles. The molecule has 0 amide bonds. The molecule has 100 valence electrons. The molecule has 1 heterocycles. The van der Waals surface area contributed by atoms with Crippen LogP contribution >= 0.6 is 0 Å². The molecule has 1 aromatic carbocycles. The van der Waals surface area contributed by atoms with E-state index in [9.17, 15) is 9.59 Å². The summed E-state index contributed by atoms with van der Waals surface area (Å²) in [5.41, 5.74) is 1.27. The van der Waals surface area contributed by atoms with Gasteiger partial charge in [-0.05, 0) is 24.1 Å². The van der Waals surface area contributed by atoms with Crippen molar-refractivity contribution in [3.63, 3.8) is 0 Å². The highest BCUT2D eigenvalue weighted by Crippen LogP contribution is 2.15. The number of aromatic nitrogens is 1. The van der Waals surface area contributed by atoms with Crippen molar-refractivity contribution >= 4 is 23.2 Å². The predicted molar refractivity (Wildman–Crippen MR) is 65.6 cm³/mol. The van der Waals surface area contributed by atoms with Crippen LogP contribution in [0.5, 0.6) is 0 Å². The zero-order valence-electron chi connectivity index (χ0n) is 10.6. The summed E-state index contributed by atoms with van der Waals surface area (Å²) in [5.74, 6) is -0.611. The summed E-state index contributed by atoms with van der Waals surface area (Å²) >= 11 is 0. The maximum Gasteiger partial charge on any atom is 0.516 e. The lowest BCUT2D eigenvalue weighted by atomic mass is 10.2. The molecule has 0 spiro atoms. The van der Waals surface area contributed by atoms with Crippen LogP contribution < -0.4 is 0 Å². The molecule has 1 aromatic heterocycles. The van der Waals surface area contributed by atoms with Crippen LogP contribution in [0.1, 0.15) is 24.2 Å². The number of esters is 1. The first-order valence-electron chi connectivity index (χ1n) is 5.78. The van der Waals surface area contributed by atoms with Crippen LogP contribution in [0.15, 0.2) is 29.0 Å². The van der Waals surface area contributed by atoms with Gasteiger partial charge in [-0.2, -0.15) is 0 Å². The van der Waals surface area contributed by atoms with E-state index in [2.05, 4.69) is 9.72 Å². The number of oxazole rings is 1. The van der Waals surface area contributed by atoms with Gasteiger partial charge in [0.25, 0.3) is 0 Å². The number of carbonyl (C=O) groups is 2. The molecule has 0 aliphatic carbocycles. The summed E-state index contributed by atoms with van der Waals surface area (Å²) in [7, 11) is 0. The second-order valence-electron chi connectivity index (χ2n) is 4.38. The molecule has 0 atom stereocenters. The van der Waals surface area contributed by atoms with E-state index in [1.807, 2.05) is 13.8 Å². The van der Waals surface area contributed by atoms with Crippen LogP contribution in [-0.4, -0.2) is 23.7 Å². The molecule has 0 fully saturated rings. The Kier molecular flexibility index (Phi) is 3.79. The molecule has 0 saturated heterocycles. The van der Waals surface area contributed by atoms with Crippen LogP contribution in [0.2, 0.25) is 0 Å². The Bertz CT molecular complexity index is 602. The van der Waals surface area contributed by atoms with Crippen molar-refractivity contribution in [3.8, 4) is 0 Å². The zero-order valence-corrected chi connectivity index (χ0v) is 10.6. The van der Waals surface area contributed by atoms with E-state index in [0.717, 1.165) is 0 Å². The molecule has 2 rings (SSSR count). The van der Waals surface area contributed by atoms with Gasteiger partial charge in [0.2, 0.25) is 0 Å². The van der Waals surface area contributed by atoms with Crippen molar-refractivity contribution in [2.45, 2.75) is 13.8 Å². The summed E-state index contributed by atoms with van der Waals surface area (Å²) in [6.07, 6.45) is 0.271. The van der Waals surface area contributed by atoms with Gasteiger partial charge in [-0.3, -0.25) is 0 Å². The largest absolute Gasteiger partial charge is 0.516 e. The molecule has 2 aromatic rings. The third kappa shape index (κ3) is 3.31. The minimum atomic E-state index is -1.00. The first kappa shape index (κ1) is 13.1. The molecule has 19 heavy (non-hydrogen) atoms. The molecule has 0 aliphatic rings. The first-order chi connectivity index (χ1) is 9.06. The van der Waals surface area contributed by atoms with E-state index in [-0.39, 0.29) is 18.1 Å². The van der Waals surface area contributed by atoms with Crippen molar-refractivity contribution in [1.82, 2.24) is 4.98 Å². The van der Waals surface area contributed by atoms with Crippen LogP contribution in [-0.2, 0) is 9.47 Å². The lowest BCUT2D eigenvalue weighted by Gasteiger charge is -2.06. The average Bonchev–Trinajstić information content (AvgIpc) is 2.83. The smallest absolute Gasteiger partial charge is 0.443 e. The third-order valence-electron chi connectivity index (χ3n) is 2.28. The van der Waals surface area contributed by atoms with E-state index in [4.69, 9.17) is 9.15 Å². The second-order valence-corrected chi connectivity index (χ2v) is 4.38. The Morgan fingerprint density at radius 1 is 1.37 bits per heavy atom. The maximum atomic E-state index is 11.7. The number of rotatable bonds is 3. The maximum absolute atomic E-state index is 11.7. The SMILES string of the molecule is CC(C)COC(=O)OC(=O)c1ccc2ncoc2c1. The lowest BCUT2D eigenvalue weighted by molar-refractivity contribution is 0.0351. The number of fused-ring (bicyclic) bond motifs is 1. The second kappa shape index (κ2) is 5.51. The van der Waals surface area contributed by atoms with Crippen molar-refractivity contribution in [3.05, 3.63) is 30.2 Å². The molecule has 0 N–H and O–H groups in total. The van der Waals surface area contributed by atoms with E-state index >= 15 is 0 Å². The fraction of sp³-hybridized carbons (Fsp3) is 0.308. The molecular weight excluding hydrogens is 250 g/mol. The molecule has 6 heteroatoms. The first-order valence-corrected chi connectivity index (χ1v) is 5.78. The van der Waals surface area contributed by atoms with Gasteiger partial charge in [0, 0.05) is 0 Å². The Morgan fingerprint density at radius 3 is 2.89 bits per heavy atom. The molecule has 0 bridgehead atoms. The minimum Gasteiger partial charge on any atom is -0.443 e. The number of benzene rings is 1. The van der Waals surface area contributed by atoms with Gasteiger partial charge in [0.05, 0.1) is 12.2 Å². The summed E-state index contributed by atoms with van der Waals surface area (Å²) in [5, 5.41) is 0. The monoisotopic (exact) mass is 263 g/mol. The van der Waals surface area contributed by atoms with Crippen LogP contribution in [0.4, 0.5) is 4.79 Å². The fourth-order valence-electron chi connectivity index (χ4n) is 1.38. The third-order valence-corrected chi connectivity index (χ3v) is 2.28. The van der Waals surface area contributed by atoms with Gasteiger partial charge in [-0.15, -0.1) is 0 Å². The van der Waals surface area contributed by atoms with Gasteiger partial charge in [0.15, 0.2) is 12.0 Å². The van der Waals surface area contributed by atoms with E-state index in [1.54, 1.807) is 6.07 Å². The highest BCUT2D eigenvalue weighted by atomic mass is 16.7. The van der Waals surface area contributed by atoms with Gasteiger partial charge in [-0.1, -0.05) is 13.8 Å². The molecular formula is C13H13NO5. The Labute approximate surface area is 109 Å². The highest BCUT2D eigenvalue weighted by Gasteiger charge is 2.15. The topological polar surface area (TPSA) is 78.6 Å². The normalized spacial score (nSPS) is 10.7. The number of hydrogen-bond donors (Lipinski definition) is 0. The van der Waals surface area contributed by atoms with Gasteiger partial charge in [-0.25, -0.2) is 14.6 Å². The van der Waals surface area contributed by atoms with Crippen LogP contribution in [0.3, 0.4) is 0 Å². The van der Waals surface area contributed by atoms with Gasteiger partial charge in [0.1, 0.15) is 5.52 Å². The van der Waals surface area contributed by atoms with Gasteiger partial charge >= 0.3 is 12.1 Å². The fourth-order valence-corrected chi connectivity index (χ4v) is 1.38. The Morgan fingerprint density at radius 2 is 2.16 bits per heavy atom. The summed E-state index contributed by atoms with van der Waals surface area (Å²) in [4.78, 5) is 26.8. The van der Waals surface area contributed by atoms with Crippen LogP contribution in [0.25, 0.3) is 11.1 Å². The van der Waals surface area contributed by atoms with E-state index in [1.165, 1.54) is 18.5 Å². The quantitative estimate of drug-likeness (QED) is 0.625. The lowest BCUT2D eigenvalue weighted by Crippen LogP contribution is -2.16. The van der Waals surface area contributed by atoms with Gasteiger partial charge < -0.3 is 13.9 Å². The average molecular weight is 263 g/mol. The minimum absolute atomic E-state index is 0.174. The molecule has 6 nitrogen and oxygen atoms in total. The Balaban J connectivity index is 2.01. The summed E-state index contributed by atoms with van der Waals surface area (Å²) < 4.78 is 14.4. The Hall–Kier alpha value is -2.37. The summed E-state index contributed by atoms with van der Waals surface area (Å²) in [6.45, 7) is 3.97. The highest BCUT2D eigenvalue weighted by molar-refractivity contribution is 5.97. The number of hydrogen-bond acceptors (Lipinski definition) is 6. The van der Waals surface area contributed by atoms with Crippen molar-refractivity contribution in [2.24, 2.45) is 5.92 Å². The number of nitrogens with zero attached hydrogens (tertiary/aromatic N) is 1. The van der Waals surface area contributed by atoms with Crippen LogP contribution in [0, 0.1) is 5.92 Å². The van der Waals surface area contributed by atoms with E-state index in [0.29, 0.717) is 11.1 Å². The molecule has 0 radical (unpaired) electrons. The zero-order chi connectivity index (χ0) is 13.8. The molecule has 0 unspecified atom stereocenters. The van der Waals surface area contributed by atoms with E-state index < -0.39 is 12.1 Å². The van der Waals surface area contributed by atoms with Crippen molar-refractivity contribution in [2.75, 3.05) is 6.61 Å². The number of ether oxygens (including phenoxy) is 2.